The predicted octanol–water partition coefficient (Wildman–Crippen LogP) is 2.55. The van der Waals surface area contributed by atoms with Gasteiger partial charge in [-0.05, 0) is 25.5 Å². The van der Waals surface area contributed by atoms with Crippen LogP contribution in [0.4, 0.5) is 0 Å². The molecule has 0 atom stereocenters. The van der Waals surface area contributed by atoms with E-state index in [4.69, 9.17) is 0 Å². The van der Waals surface area contributed by atoms with Crippen molar-refractivity contribution in [3.05, 3.63) is 29.1 Å². The lowest BCUT2D eigenvalue weighted by Gasteiger charge is -2.02. The van der Waals surface area contributed by atoms with Crippen LogP contribution in [0.3, 0.4) is 0 Å². The molecular weight excluding hydrogens is 162 g/mol. The highest BCUT2D eigenvalue weighted by molar-refractivity contribution is 5.95. The van der Waals surface area contributed by atoms with Crippen molar-refractivity contribution in [3.63, 3.8) is 0 Å². The summed E-state index contributed by atoms with van der Waals surface area (Å²) in [5.74, 6) is 0.195. The van der Waals surface area contributed by atoms with Crippen LogP contribution in [0.2, 0.25) is 0 Å². The fraction of sp³-hybridized carbons (Fsp3) is 0.455. The van der Waals surface area contributed by atoms with E-state index < -0.39 is 0 Å². The quantitative estimate of drug-likeness (QED) is 0.664. The van der Waals surface area contributed by atoms with E-state index in [9.17, 15) is 4.79 Å². The SMILES string of the molecule is CCC(=O)c1cc(C)nc(CC)c1. The summed E-state index contributed by atoms with van der Waals surface area (Å²) in [6.45, 7) is 5.84. The first-order valence-corrected chi connectivity index (χ1v) is 4.68. The number of rotatable bonds is 3. The molecule has 0 saturated carbocycles. The number of pyridine rings is 1. The molecule has 1 aromatic rings. The highest BCUT2D eigenvalue weighted by Gasteiger charge is 2.05. The van der Waals surface area contributed by atoms with Gasteiger partial charge in [-0.1, -0.05) is 13.8 Å². The monoisotopic (exact) mass is 177 g/mol. The molecule has 1 heterocycles. The van der Waals surface area contributed by atoms with Gasteiger partial charge in [0.2, 0.25) is 0 Å². The highest BCUT2D eigenvalue weighted by Crippen LogP contribution is 2.08. The second-order valence-electron chi connectivity index (χ2n) is 3.12. The van der Waals surface area contributed by atoms with Crippen molar-refractivity contribution in [1.29, 1.82) is 0 Å². The van der Waals surface area contributed by atoms with Crippen molar-refractivity contribution < 1.29 is 4.79 Å². The van der Waals surface area contributed by atoms with Crippen LogP contribution >= 0.6 is 0 Å². The molecule has 0 aliphatic carbocycles. The Morgan fingerprint density at radius 2 is 2.08 bits per heavy atom. The lowest BCUT2D eigenvalue weighted by atomic mass is 10.1. The molecule has 2 heteroatoms. The number of aryl methyl sites for hydroxylation is 2. The van der Waals surface area contributed by atoms with E-state index in [2.05, 4.69) is 4.98 Å². The lowest BCUT2D eigenvalue weighted by molar-refractivity contribution is 0.0988. The van der Waals surface area contributed by atoms with E-state index >= 15 is 0 Å². The van der Waals surface area contributed by atoms with E-state index in [1.165, 1.54) is 0 Å². The molecule has 0 saturated heterocycles. The Morgan fingerprint density at radius 3 is 2.62 bits per heavy atom. The number of Topliss-reactive ketones (excluding diaryl/α,β-unsaturated/α-hetero) is 1. The molecule has 1 aromatic heterocycles. The molecule has 1 rings (SSSR count). The molecule has 0 N–H and O–H groups in total. The zero-order valence-corrected chi connectivity index (χ0v) is 8.42. The molecule has 0 bridgehead atoms. The Kier molecular flexibility index (Phi) is 3.18. The van der Waals surface area contributed by atoms with E-state index in [1.54, 1.807) is 0 Å². The second-order valence-corrected chi connectivity index (χ2v) is 3.12. The Bertz CT molecular complexity index is 318. The van der Waals surface area contributed by atoms with Crippen LogP contribution < -0.4 is 0 Å². The first-order chi connectivity index (χ1) is 6.17. The highest BCUT2D eigenvalue weighted by atomic mass is 16.1. The summed E-state index contributed by atoms with van der Waals surface area (Å²) in [5, 5.41) is 0. The van der Waals surface area contributed by atoms with Gasteiger partial charge in [0.25, 0.3) is 0 Å². The van der Waals surface area contributed by atoms with Crippen molar-refractivity contribution in [2.24, 2.45) is 0 Å². The fourth-order valence-corrected chi connectivity index (χ4v) is 1.28. The van der Waals surface area contributed by atoms with Gasteiger partial charge >= 0.3 is 0 Å². The van der Waals surface area contributed by atoms with Crippen LogP contribution in [0, 0.1) is 6.92 Å². The molecule has 0 aliphatic heterocycles. The number of hydrogen-bond acceptors (Lipinski definition) is 2. The first kappa shape index (κ1) is 9.90. The molecule has 0 fully saturated rings. The summed E-state index contributed by atoms with van der Waals surface area (Å²) in [5.41, 5.74) is 2.72. The average Bonchev–Trinajstić information content (AvgIpc) is 2.15. The fourth-order valence-electron chi connectivity index (χ4n) is 1.28. The van der Waals surface area contributed by atoms with Crippen molar-refractivity contribution >= 4 is 5.78 Å². The third-order valence-electron chi connectivity index (χ3n) is 2.01. The molecule has 13 heavy (non-hydrogen) atoms. The molecule has 0 radical (unpaired) electrons. The van der Waals surface area contributed by atoms with E-state index in [0.29, 0.717) is 6.42 Å². The van der Waals surface area contributed by atoms with Crippen LogP contribution in [0.5, 0.6) is 0 Å². The maximum Gasteiger partial charge on any atom is 0.162 e. The van der Waals surface area contributed by atoms with Gasteiger partial charge in [-0.25, -0.2) is 0 Å². The van der Waals surface area contributed by atoms with Gasteiger partial charge < -0.3 is 0 Å². The third-order valence-corrected chi connectivity index (χ3v) is 2.01. The topological polar surface area (TPSA) is 30.0 Å². The Morgan fingerprint density at radius 1 is 1.38 bits per heavy atom. The molecule has 0 unspecified atom stereocenters. The Labute approximate surface area is 79.0 Å². The van der Waals surface area contributed by atoms with Crippen molar-refractivity contribution in [2.45, 2.75) is 33.6 Å². The second kappa shape index (κ2) is 4.17. The first-order valence-electron chi connectivity index (χ1n) is 4.68. The zero-order chi connectivity index (χ0) is 9.84. The average molecular weight is 177 g/mol. The summed E-state index contributed by atoms with van der Waals surface area (Å²) in [6, 6.07) is 3.74. The van der Waals surface area contributed by atoms with Gasteiger partial charge in [0.1, 0.15) is 0 Å². The summed E-state index contributed by atoms with van der Waals surface area (Å²) in [7, 11) is 0. The number of carbonyl (C=O) groups is 1. The van der Waals surface area contributed by atoms with Gasteiger partial charge in [0, 0.05) is 23.4 Å². The Hall–Kier alpha value is -1.18. The van der Waals surface area contributed by atoms with Crippen LogP contribution in [-0.2, 0) is 6.42 Å². The summed E-state index contributed by atoms with van der Waals surface area (Å²) in [6.07, 6.45) is 1.44. The normalized spacial score (nSPS) is 10.1. The number of aromatic nitrogens is 1. The third kappa shape index (κ3) is 2.38. The number of hydrogen-bond donors (Lipinski definition) is 0. The summed E-state index contributed by atoms with van der Waals surface area (Å²) >= 11 is 0. The minimum Gasteiger partial charge on any atom is -0.294 e. The Balaban J connectivity index is 3.08. The molecule has 0 amide bonds. The molecule has 2 nitrogen and oxygen atoms in total. The van der Waals surface area contributed by atoms with Crippen LogP contribution in [0.15, 0.2) is 12.1 Å². The van der Waals surface area contributed by atoms with Crippen LogP contribution in [0.25, 0.3) is 0 Å². The smallest absolute Gasteiger partial charge is 0.162 e. The van der Waals surface area contributed by atoms with Gasteiger partial charge in [-0.15, -0.1) is 0 Å². The predicted molar refractivity (Wildman–Crippen MR) is 53.0 cm³/mol. The number of ketones is 1. The van der Waals surface area contributed by atoms with E-state index in [-0.39, 0.29) is 5.78 Å². The van der Waals surface area contributed by atoms with Gasteiger partial charge in [-0.2, -0.15) is 0 Å². The lowest BCUT2D eigenvalue weighted by Crippen LogP contribution is -2.00. The summed E-state index contributed by atoms with van der Waals surface area (Å²) < 4.78 is 0. The number of carbonyl (C=O) groups excluding carboxylic acids is 1. The van der Waals surface area contributed by atoms with E-state index in [1.807, 2.05) is 32.9 Å². The molecule has 0 spiro atoms. The van der Waals surface area contributed by atoms with Gasteiger partial charge in [0.05, 0.1) is 0 Å². The van der Waals surface area contributed by atoms with Crippen molar-refractivity contribution in [2.75, 3.05) is 0 Å². The van der Waals surface area contributed by atoms with E-state index in [0.717, 1.165) is 23.4 Å². The van der Waals surface area contributed by atoms with Crippen molar-refractivity contribution in [1.82, 2.24) is 4.98 Å². The molecule has 0 aliphatic rings. The largest absolute Gasteiger partial charge is 0.294 e. The standard InChI is InChI=1S/C11H15NO/c1-4-10-7-9(11(13)5-2)6-8(3)12-10/h6-7H,4-5H2,1-3H3. The molecule has 70 valence electrons. The molecule has 0 aromatic carbocycles. The summed E-state index contributed by atoms with van der Waals surface area (Å²) in [4.78, 5) is 15.7. The van der Waals surface area contributed by atoms with Crippen LogP contribution in [-0.4, -0.2) is 10.8 Å². The molecular formula is C11H15NO. The maximum absolute atomic E-state index is 11.4. The maximum atomic E-state index is 11.4. The van der Waals surface area contributed by atoms with Crippen LogP contribution in [0.1, 0.15) is 42.0 Å². The zero-order valence-electron chi connectivity index (χ0n) is 8.42. The number of nitrogens with zero attached hydrogens (tertiary/aromatic N) is 1. The minimum atomic E-state index is 0.195. The van der Waals surface area contributed by atoms with Gasteiger partial charge in [0.15, 0.2) is 5.78 Å². The van der Waals surface area contributed by atoms with Crippen molar-refractivity contribution in [3.8, 4) is 0 Å². The minimum absolute atomic E-state index is 0.195. The van der Waals surface area contributed by atoms with Gasteiger partial charge in [-0.3, -0.25) is 9.78 Å².